The van der Waals surface area contributed by atoms with Crippen LogP contribution in [0.15, 0.2) is 23.8 Å². The first-order valence-corrected chi connectivity index (χ1v) is 3.69. The molecule has 0 heterocycles. The lowest BCUT2D eigenvalue weighted by Crippen LogP contribution is -2.39. The Labute approximate surface area is 74.8 Å². The number of hydrogen-bond donors (Lipinski definition) is 0. The van der Waals surface area contributed by atoms with Crippen molar-refractivity contribution >= 4 is 6.29 Å². The van der Waals surface area contributed by atoms with Crippen LogP contribution in [0.3, 0.4) is 0 Å². The summed E-state index contributed by atoms with van der Waals surface area (Å²) < 4.78 is 4.79. The molecule has 1 aliphatic carbocycles. The van der Waals surface area contributed by atoms with Crippen LogP contribution in [0.2, 0.25) is 0 Å². The van der Waals surface area contributed by atoms with Crippen molar-refractivity contribution in [1.29, 1.82) is 0 Å². The molecule has 1 aliphatic rings. The number of nitrogens with zero attached hydrogens (tertiary/aromatic N) is 1. The Balaban J connectivity index is 3.04. The van der Waals surface area contributed by atoms with Crippen molar-refractivity contribution in [2.45, 2.75) is 12.1 Å². The van der Waals surface area contributed by atoms with Gasteiger partial charge in [-0.15, -0.1) is 0 Å². The average molecular weight is 183 g/mol. The third-order valence-corrected chi connectivity index (χ3v) is 1.91. The minimum absolute atomic E-state index is 0.147. The van der Waals surface area contributed by atoms with Gasteiger partial charge in [0.25, 0.3) is 0 Å². The molecule has 1 atom stereocenters. The fraction of sp³-hybridized carbons (Fsp3) is 0.375. The van der Waals surface area contributed by atoms with E-state index in [4.69, 9.17) is 4.74 Å². The average Bonchev–Trinajstić information content (AvgIpc) is 2.17. The van der Waals surface area contributed by atoms with Gasteiger partial charge in [-0.25, -0.2) is 0 Å². The molecule has 0 radical (unpaired) electrons. The normalized spacial score (nSPS) is 26.7. The molecule has 5 nitrogen and oxygen atoms in total. The van der Waals surface area contributed by atoms with Gasteiger partial charge < -0.3 is 4.74 Å². The molecule has 0 saturated heterocycles. The summed E-state index contributed by atoms with van der Waals surface area (Å²) in [6.45, 7) is 0. The molecule has 0 bridgehead atoms. The second-order valence-electron chi connectivity index (χ2n) is 2.67. The van der Waals surface area contributed by atoms with E-state index in [2.05, 4.69) is 0 Å². The fourth-order valence-electron chi connectivity index (χ4n) is 1.15. The molecule has 13 heavy (non-hydrogen) atoms. The van der Waals surface area contributed by atoms with Crippen molar-refractivity contribution in [2.75, 3.05) is 7.11 Å². The number of carbonyl (C=O) groups excluding carboxylic acids is 1. The Kier molecular flexibility index (Phi) is 2.57. The lowest BCUT2D eigenvalue weighted by atomic mass is 10.0. The molecule has 1 unspecified atom stereocenters. The summed E-state index contributed by atoms with van der Waals surface area (Å²) in [5.74, 6) is 0. The first-order valence-electron chi connectivity index (χ1n) is 3.69. The minimum atomic E-state index is -1.56. The maximum absolute atomic E-state index is 10.7. The molecule has 0 aromatic carbocycles. The first kappa shape index (κ1) is 9.60. The number of rotatable bonds is 3. The molecule has 5 heteroatoms. The van der Waals surface area contributed by atoms with Crippen molar-refractivity contribution in [2.24, 2.45) is 0 Å². The highest BCUT2D eigenvalue weighted by molar-refractivity contribution is 5.78. The SMILES string of the molecule is COC1([N+](=O)[O-])C=C(C=O)C=CC1. The van der Waals surface area contributed by atoms with Crippen molar-refractivity contribution < 1.29 is 14.5 Å². The van der Waals surface area contributed by atoms with Crippen LogP contribution in [0.1, 0.15) is 6.42 Å². The summed E-state index contributed by atoms with van der Waals surface area (Å²) in [6, 6.07) is 0. The van der Waals surface area contributed by atoms with Crippen LogP contribution in [-0.2, 0) is 9.53 Å². The number of carbonyl (C=O) groups is 1. The highest BCUT2D eigenvalue weighted by atomic mass is 16.7. The van der Waals surface area contributed by atoms with Gasteiger partial charge in [0, 0.05) is 18.8 Å². The van der Waals surface area contributed by atoms with E-state index in [0.717, 1.165) is 0 Å². The molecule has 0 saturated carbocycles. The Morgan fingerprint density at radius 2 is 2.46 bits per heavy atom. The Morgan fingerprint density at radius 3 is 2.92 bits per heavy atom. The van der Waals surface area contributed by atoms with E-state index in [0.29, 0.717) is 6.29 Å². The van der Waals surface area contributed by atoms with Crippen LogP contribution >= 0.6 is 0 Å². The van der Waals surface area contributed by atoms with Crippen molar-refractivity contribution in [3.8, 4) is 0 Å². The fourth-order valence-corrected chi connectivity index (χ4v) is 1.15. The molecule has 0 N–H and O–H groups in total. The summed E-state index contributed by atoms with van der Waals surface area (Å²) in [6.07, 6.45) is 5.02. The maximum Gasteiger partial charge on any atom is 0.348 e. The molecule has 0 spiro atoms. The van der Waals surface area contributed by atoms with Gasteiger partial charge in [-0.3, -0.25) is 14.9 Å². The van der Waals surface area contributed by atoms with Gasteiger partial charge in [-0.05, 0) is 0 Å². The quantitative estimate of drug-likeness (QED) is 0.279. The summed E-state index contributed by atoms with van der Waals surface area (Å²) in [7, 11) is 1.25. The minimum Gasteiger partial charge on any atom is -0.315 e. The summed E-state index contributed by atoms with van der Waals surface area (Å²) in [5.41, 5.74) is -1.30. The number of nitro groups is 1. The first-order chi connectivity index (χ1) is 6.14. The highest BCUT2D eigenvalue weighted by Gasteiger charge is 2.41. The van der Waals surface area contributed by atoms with Gasteiger partial charge in [0.1, 0.15) is 6.29 Å². The monoisotopic (exact) mass is 183 g/mol. The molecule has 0 fully saturated rings. The topological polar surface area (TPSA) is 69.4 Å². The Bertz CT molecular complexity index is 295. The number of allylic oxidation sites excluding steroid dienone is 2. The third kappa shape index (κ3) is 1.65. The van der Waals surface area contributed by atoms with Crippen LogP contribution in [0, 0.1) is 10.1 Å². The number of methoxy groups -OCH3 is 1. The van der Waals surface area contributed by atoms with Crippen LogP contribution < -0.4 is 0 Å². The van der Waals surface area contributed by atoms with Gasteiger partial charge in [0.05, 0.1) is 11.3 Å². The molecule has 0 aromatic rings. The predicted molar refractivity (Wildman–Crippen MR) is 44.6 cm³/mol. The lowest BCUT2D eigenvalue weighted by molar-refractivity contribution is -0.610. The Hall–Kier alpha value is -1.49. The van der Waals surface area contributed by atoms with Gasteiger partial charge in [0.2, 0.25) is 0 Å². The van der Waals surface area contributed by atoms with E-state index in [1.807, 2.05) is 0 Å². The molecular weight excluding hydrogens is 174 g/mol. The van der Waals surface area contributed by atoms with E-state index >= 15 is 0 Å². The summed E-state index contributed by atoms with van der Waals surface area (Å²) in [4.78, 5) is 20.5. The predicted octanol–water partition coefficient (Wildman–Crippen LogP) is 0.691. The van der Waals surface area contributed by atoms with E-state index in [9.17, 15) is 14.9 Å². The van der Waals surface area contributed by atoms with Gasteiger partial charge in [-0.1, -0.05) is 12.2 Å². The number of aldehydes is 1. The molecule has 0 amide bonds. The summed E-state index contributed by atoms with van der Waals surface area (Å²) >= 11 is 0. The van der Waals surface area contributed by atoms with Gasteiger partial charge in [-0.2, -0.15) is 0 Å². The molecular formula is C8H9NO4. The van der Waals surface area contributed by atoms with Crippen molar-refractivity contribution in [3.63, 3.8) is 0 Å². The zero-order chi connectivity index (χ0) is 9.90. The van der Waals surface area contributed by atoms with E-state index in [1.54, 1.807) is 6.08 Å². The Morgan fingerprint density at radius 1 is 1.77 bits per heavy atom. The molecule has 70 valence electrons. The van der Waals surface area contributed by atoms with Gasteiger partial charge >= 0.3 is 5.72 Å². The van der Waals surface area contributed by atoms with E-state index < -0.39 is 10.6 Å². The van der Waals surface area contributed by atoms with Crippen LogP contribution in [0.4, 0.5) is 0 Å². The number of hydrogen-bond acceptors (Lipinski definition) is 4. The van der Waals surface area contributed by atoms with Crippen LogP contribution in [0.5, 0.6) is 0 Å². The smallest absolute Gasteiger partial charge is 0.315 e. The largest absolute Gasteiger partial charge is 0.348 e. The van der Waals surface area contributed by atoms with Crippen LogP contribution in [-0.4, -0.2) is 24.0 Å². The van der Waals surface area contributed by atoms with E-state index in [1.165, 1.54) is 19.3 Å². The molecule has 1 rings (SSSR count). The standard InChI is InChI=1S/C8H9NO4/c1-13-8(9(11)12)4-2-3-7(5-8)6-10/h2-3,5-6H,4H2,1H3. The van der Waals surface area contributed by atoms with Crippen molar-refractivity contribution in [1.82, 2.24) is 0 Å². The maximum atomic E-state index is 10.7. The lowest BCUT2D eigenvalue weighted by Gasteiger charge is -2.20. The second kappa shape index (κ2) is 3.49. The zero-order valence-electron chi connectivity index (χ0n) is 7.10. The molecule has 0 aliphatic heterocycles. The number of ether oxygens (including phenoxy) is 1. The zero-order valence-corrected chi connectivity index (χ0v) is 7.10. The third-order valence-electron chi connectivity index (χ3n) is 1.91. The summed E-state index contributed by atoms with van der Waals surface area (Å²) in [5, 5.41) is 10.7. The molecule has 0 aromatic heterocycles. The van der Waals surface area contributed by atoms with Crippen molar-refractivity contribution in [3.05, 3.63) is 33.9 Å². The van der Waals surface area contributed by atoms with Gasteiger partial charge in [0.15, 0.2) is 0 Å². The van der Waals surface area contributed by atoms with E-state index in [-0.39, 0.29) is 12.0 Å². The highest BCUT2D eigenvalue weighted by Crippen LogP contribution is 2.24. The van der Waals surface area contributed by atoms with Crippen LogP contribution in [0.25, 0.3) is 0 Å². The second-order valence-corrected chi connectivity index (χ2v) is 2.67.